The van der Waals surface area contributed by atoms with Crippen LogP contribution in [-0.2, 0) is 20.7 Å². The number of carbonyl (C=O) groups excluding carboxylic acids is 2. The van der Waals surface area contributed by atoms with Gasteiger partial charge in [-0.15, -0.1) is 0 Å². The molecule has 0 radical (unpaired) electrons. The molecule has 1 N–H and O–H groups in total. The molecular weight excluding hydrogens is 564 g/mol. The first-order valence-electron chi connectivity index (χ1n) is 12.2. The topological polar surface area (TPSA) is 91.7 Å². The predicted molar refractivity (Wildman–Crippen MR) is 137 cm³/mol. The number of nitriles is 1. The summed E-state index contributed by atoms with van der Waals surface area (Å²) in [6.45, 7) is 5.51. The van der Waals surface area contributed by atoms with Gasteiger partial charge in [0.1, 0.15) is 22.4 Å². The third kappa shape index (κ3) is 8.53. The van der Waals surface area contributed by atoms with Crippen LogP contribution in [0.15, 0.2) is 47.4 Å². The van der Waals surface area contributed by atoms with Crippen LogP contribution in [0.2, 0.25) is 0 Å². The predicted octanol–water partition coefficient (Wildman–Crippen LogP) is 6.73. The highest BCUT2D eigenvalue weighted by Gasteiger charge is 2.65. The van der Waals surface area contributed by atoms with Crippen molar-refractivity contribution in [3.63, 3.8) is 0 Å². The number of rotatable bonds is 6. The van der Waals surface area contributed by atoms with Crippen LogP contribution < -0.4 is 5.32 Å². The lowest BCUT2D eigenvalue weighted by molar-refractivity contribution is -0.133. The summed E-state index contributed by atoms with van der Waals surface area (Å²) >= 11 is 0. The fourth-order valence-electron chi connectivity index (χ4n) is 3.89. The SMILES string of the molecule is CC(C)(C)OC(=O)N1CCCO[C@H](C(=O)N[C@H](C#N)Cc2ccc(-c3ccc(S(F)(F)(F)(F)F)cc3)cc2F)C1. The highest BCUT2D eigenvalue weighted by Crippen LogP contribution is 3.02. The van der Waals surface area contributed by atoms with Crippen molar-refractivity contribution < 1.29 is 42.9 Å². The summed E-state index contributed by atoms with van der Waals surface area (Å²) in [5.74, 6) is -1.49. The van der Waals surface area contributed by atoms with E-state index in [9.17, 15) is 38.7 Å². The highest BCUT2D eigenvalue weighted by molar-refractivity contribution is 8.45. The molecule has 7 nitrogen and oxygen atoms in total. The van der Waals surface area contributed by atoms with Crippen molar-refractivity contribution in [2.75, 3.05) is 19.7 Å². The maximum absolute atomic E-state index is 14.8. The second-order valence-electron chi connectivity index (χ2n) is 10.3. The number of hydrogen-bond donors (Lipinski definition) is 1. The van der Waals surface area contributed by atoms with Crippen LogP contribution in [0, 0.1) is 17.1 Å². The van der Waals surface area contributed by atoms with E-state index >= 15 is 0 Å². The Kier molecular flexibility index (Phi) is 8.17. The minimum atomic E-state index is -9.83. The van der Waals surface area contributed by atoms with Crippen LogP contribution in [0.3, 0.4) is 0 Å². The molecule has 0 bridgehead atoms. The third-order valence-corrected chi connectivity index (χ3v) is 6.97. The second kappa shape index (κ2) is 10.5. The molecule has 0 spiro atoms. The number of hydrogen-bond acceptors (Lipinski definition) is 5. The van der Waals surface area contributed by atoms with Gasteiger partial charge < -0.3 is 19.7 Å². The molecule has 0 aromatic heterocycles. The lowest BCUT2D eigenvalue weighted by Crippen LogP contribution is -2.48. The van der Waals surface area contributed by atoms with Gasteiger partial charge in [-0.1, -0.05) is 43.7 Å². The zero-order chi connectivity index (χ0) is 30.0. The van der Waals surface area contributed by atoms with Crippen molar-refractivity contribution >= 4 is 22.2 Å². The summed E-state index contributed by atoms with van der Waals surface area (Å²) in [5.41, 5.74) is -0.519. The molecule has 2 aromatic rings. The van der Waals surface area contributed by atoms with Crippen LogP contribution in [0.4, 0.5) is 28.6 Å². The molecule has 1 fully saturated rings. The van der Waals surface area contributed by atoms with E-state index in [0.717, 1.165) is 18.2 Å². The lowest BCUT2D eigenvalue weighted by Gasteiger charge is -2.40. The van der Waals surface area contributed by atoms with Crippen molar-refractivity contribution in [2.45, 2.75) is 56.3 Å². The quantitative estimate of drug-likeness (QED) is 0.375. The minimum absolute atomic E-state index is 0.0244. The van der Waals surface area contributed by atoms with Gasteiger partial charge in [-0.05, 0) is 62.1 Å². The van der Waals surface area contributed by atoms with Crippen LogP contribution in [0.1, 0.15) is 32.8 Å². The normalized spacial score (nSPS) is 18.9. The lowest BCUT2D eigenvalue weighted by atomic mass is 10.00. The van der Waals surface area contributed by atoms with E-state index in [0.29, 0.717) is 13.0 Å². The van der Waals surface area contributed by atoms with Crippen LogP contribution in [-0.4, -0.2) is 54.3 Å². The molecule has 2 aromatic carbocycles. The van der Waals surface area contributed by atoms with Gasteiger partial charge >= 0.3 is 16.3 Å². The average molecular weight is 594 g/mol. The van der Waals surface area contributed by atoms with Gasteiger partial charge in [-0.25, -0.2) is 9.18 Å². The van der Waals surface area contributed by atoms with Gasteiger partial charge in [0.25, 0.3) is 5.91 Å². The molecule has 1 heterocycles. The maximum Gasteiger partial charge on any atom is 0.410 e. The van der Waals surface area contributed by atoms with Crippen LogP contribution in [0.5, 0.6) is 0 Å². The maximum atomic E-state index is 14.8. The van der Waals surface area contributed by atoms with Gasteiger partial charge in [-0.2, -0.15) is 5.26 Å². The highest BCUT2D eigenvalue weighted by atomic mass is 32.5. The fraction of sp³-hybridized carbons (Fsp3) is 0.423. The molecule has 220 valence electrons. The zero-order valence-electron chi connectivity index (χ0n) is 21.9. The van der Waals surface area contributed by atoms with Crippen LogP contribution in [0.25, 0.3) is 11.1 Å². The molecule has 1 saturated heterocycles. The Bertz CT molecular complexity index is 1310. The number of amides is 2. The van der Waals surface area contributed by atoms with E-state index in [2.05, 4.69) is 5.32 Å². The summed E-state index contributed by atoms with van der Waals surface area (Å²) in [6, 6.07) is 6.43. The molecule has 3 rings (SSSR count). The Morgan fingerprint density at radius 3 is 2.30 bits per heavy atom. The molecule has 1 aliphatic rings. The van der Waals surface area contributed by atoms with E-state index in [1.165, 1.54) is 17.0 Å². The van der Waals surface area contributed by atoms with Gasteiger partial charge in [0, 0.05) is 19.6 Å². The van der Waals surface area contributed by atoms with Gasteiger partial charge in [-0.3, -0.25) is 4.79 Å². The molecule has 1 aliphatic heterocycles. The molecule has 14 heteroatoms. The van der Waals surface area contributed by atoms with E-state index in [-0.39, 0.29) is 48.4 Å². The summed E-state index contributed by atoms with van der Waals surface area (Å²) in [6.07, 6.45) is -1.49. The first kappa shape index (κ1) is 31.1. The molecule has 2 amide bonds. The van der Waals surface area contributed by atoms with Crippen LogP contribution >= 0.6 is 10.2 Å². The smallest absolute Gasteiger partial charge is 0.410 e. The number of nitrogens with zero attached hydrogens (tertiary/aromatic N) is 2. The van der Waals surface area contributed by atoms with Gasteiger partial charge in [0.05, 0.1) is 12.6 Å². The number of nitrogens with one attached hydrogen (secondary N) is 1. The molecule has 2 atom stereocenters. The van der Waals surface area contributed by atoms with Crippen molar-refractivity contribution in [1.29, 1.82) is 5.26 Å². The molecular formula is C26H29F6N3O4S. The third-order valence-electron chi connectivity index (χ3n) is 5.80. The first-order valence-corrected chi connectivity index (χ1v) is 14.1. The summed E-state index contributed by atoms with van der Waals surface area (Å²) < 4.78 is 90.5. The molecule has 0 saturated carbocycles. The Morgan fingerprint density at radius 2 is 1.75 bits per heavy atom. The minimum Gasteiger partial charge on any atom is -0.444 e. The van der Waals surface area contributed by atoms with Crippen molar-refractivity contribution in [1.82, 2.24) is 10.2 Å². The Balaban J connectivity index is 1.68. The average Bonchev–Trinajstić information content (AvgIpc) is 3.09. The van der Waals surface area contributed by atoms with Gasteiger partial charge in [0.2, 0.25) is 0 Å². The van der Waals surface area contributed by atoms with Crippen molar-refractivity contribution in [3.05, 3.63) is 53.8 Å². The van der Waals surface area contributed by atoms with E-state index < -0.39 is 50.7 Å². The summed E-state index contributed by atoms with van der Waals surface area (Å²) in [5, 5.41) is 12.0. The number of carbonyl (C=O) groups is 2. The zero-order valence-corrected chi connectivity index (χ0v) is 22.8. The van der Waals surface area contributed by atoms with Crippen molar-refractivity contribution in [3.8, 4) is 17.2 Å². The van der Waals surface area contributed by atoms with E-state index in [1.807, 2.05) is 6.07 Å². The standard InChI is InChI=1S/C26H29F6N3O4S/c1-26(2,3)39-25(37)35-11-4-12-38-23(16-35)24(36)34-20(15-33)13-19-6-5-18(14-22(19)27)17-7-9-21(10-8-17)40(28,29,30,31)32/h5-10,14,20,23H,4,11-13,16H2,1-3H3,(H,34,36)/t20-,23-/m0/s1. The molecule has 0 aliphatic carbocycles. The van der Waals surface area contributed by atoms with Gasteiger partial charge in [0.15, 0.2) is 6.10 Å². The number of ether oxygens (including phenoxy) is 2. The second-order valence-corrected chi connectivity index (χ2v) is 12.7. The largest absolute Gasteiger partial charge is 0.444 e. The fourth-order valence-corrected chi connectivity index (χ4v) is 4.54. The number of halogens is 6. The summed E-state index contributed by atoms with van der Waals surface area (Å²) in [7, 11) is -9.83. The Morgan fingerprint density at radius 1 is 1.12 bits per heavy atom. The Labute approximate surface area is 227 Å². The molecule has 0 unspecified atom stereocenters. The van der Waals surface area contributed by atoms with E-state index in [1.54, 1.807) is 20.8 Å². The van der Waals surface area contributed by atoms with Crippen molar-refractivity contribution in [2.24, 2.45) is 0 Å². The summed E-state index contributed by atoms with van der Waals surface area (Å²) in [4.78, 5) is 24.6. The molecule has 40 heavy (non-hydrogen) atoms. The monoisotopic (exact) mass is 593 g/mol. The Hall–Kier alpha value is -3.44. The number of benzene rings is 2. The van der Waals surface area contributed by atoms with E-state index in [4.69, 9.17) is 9.47 Å². The first-order chi connectivity index (χ1) is 18.3.